The topological polar surface area (TPSA) is 38.7 Å². The van der Waals surface area contributed by atoms with Crippen molar-refractivity contribution in [3.05, 3.63) is 41.3 Å². The number of benzene rings is 1. The molecule has 0 amide bonds. The molecule has 3 aromatic rings. The molecule has 0 atom stereocenters. The van der Waals surface area contributed by atoms with Gasteiger partial charge < -0.3 is 0 Å². The summed E-state index contributed by atoms with van der Waals surface area (Å²) in [7, 11) is 0. The first-order valence-electron chi connectivity index (χ1n) is 5.57. The summed E-state index contributed by atoms with van der Waals surface area (Å²) in [6.07, 6.45) is -4.63. The van der Waals surface area contributed by atoms with Gasteiger partial charge in [0.1, 0.15) is 10.2 Å². The van der Waals surface area contributed by atoms with E-state index in [4.69, 9.17) is 11.6 Å². The van der Waals surface area contributed by atoms with Gasteiger partial charge in [-0.1, -0.05) is 23.7 Å². The monoisotopic (exact) mass is 347 g/mol. The number of halogens is 4. The highest BCUT2D eigenvalue weighted by molar-refractivity contribution is 8.01. The average Bonchev–Trinajstić information content (AvgIpc) is 2.79. The highest BCUT2D eigenvalue weighted by Gasteiger charge is 2.35. The van der Waals surface area contributed by atoms with Crippen LogP contribution in [0.2, 0.25) is 5.15 Å². The Labute approximate surface area is 130 Å². The third-order valence-electron chi connectivity index (χ3n) is 2.39. The van der Waals surface area contributed by atoms with Crippen LogP contribution < -0.4 is 0 Å². The number of para-hydroxylation sites is 1. The van der Waals surface area contributed by atoms with Crippen LogP contribution in [0.4, 0.5) is 13.2 Å². The molecule has 3 rings (SSSR count). The number of thiazole rings is 1. The molecule has 21 heavy (non-hydrogen) atoms. The molecule has 1 aromatic carbocycles. The van der Waals surface area contributed by atoms with Crippen molar-refractivity contribution in [1.82, 2.24) is 15.0 Å². The standard InChI is InChI=1S/C12H5ClF3N3S2/c13-8-5-9(19-10(18-8)12(14,15)16)21-11-17-6-3-1-2-4-7(6)20-11/h1-5H. The summed E-state index contributed by atoms with van der Waals surface area (Å²) in [6.45, 7) is 0. The average molecular weight is 348 g/mol. The highest BCUT2D eigenvalue weighted by atomic mass is 35.5. The van der Waals surface area contributed by atoms with E-state index in [1.165, 1.54) is 17.4 Å². The van der Waals surface area contributed by atoms with Crippen LogP contribution in [0.3, 0.4) is 0 Å². The van der Waals surface area contributed by atoms with Crippen molar-refractivity contribution in [2.75, 3.05) is 0 Å². The first kappa shape index (κ1) is 14.6. The summed E-state index contributed by atoms with van der Waals surface area (Å²) in [5.74, 6) is -1.25. The van der Waals surface area contributed by atoms with Crippen LogP contribution in [0.15, 0.2) is 39.7 Å². The molecule has 9 heteroatoms. The number of nitrogens with zero attached hydrogens (tertiary/aromatic N) is 3. The van der Waals surface area contributed by atoms with Crippen LogP contribution in [-0.4, -0.2) is 15.0 Å². The molecular weight excluding hydrogens is 343 g/mol. The smallest absolute Gasteiger partial charge is 0.229 e. The second kappa shape index (κ2) is 5.43. The molecule has 0 saturated carbocycles. The number of hydrogen-bond donors (Lipinski definition) is 0. The van der Waals surface area contributed by atoms with Gasteiger partial charge in [0.25, 0.3) is 0 Å². The van der Waals surface area contributed by atoms with Gasteiger partial charge in [0.05, 0.1) is 10.2 Å². The molecule has 2 aromatic heterocycles. The Hall–Kier alpha value is -1.38. The van der Waals surface area contributed by atoms with E-state index in [9.17, 15) is 13.2 Å². The Morgan fingerprint density at radius 3 is 2.57 bits per heavy atom. The lowest BCUT2D eigenvalue weighted by molar-refractivity contribution is -0.145. The van der Waals surface area contributed by atoms with Gasteiger partial charge in [-0.25, -0.2) is 15.0 Å². The fraction of sp³-hybridized carbons (Fsp3) is 0.0833. The van der Waals surface area contributed by atoms with Crippen molar-refractivity contribution in [1.29, 1.82) is 0 Å². The first-order chi connectivity index (χ1) is 9.91. The molecule has 0 unspecified atom stereocenters. The lowest BCUT2D eigenvalue weighted by Crippen LogP contribution is -2.11. The molecule has 0 N–H and O–H groups in total. The molecule has 3 nitrogen and oxygen atoms in total. The normalized spacial score (nSPS) is 12.0. The third-order valence-corrected chi connectivity index (χ3v) is 4.60. The number of rotatable bonds is 2. The van der Waals surface area contributed by atoms with Crippen molar-refractivity contribution < 1.29 is 13.2 Å². The van der Waals surface area contributed by atoms with Crippen molar-refractivity contribution in [3.63, 3.8) is 0 Å². The molecule has 0 bridgehead atoms. The zero-order chi connectivity index (χ0) is 15.0. The molecule has 0 fully saturated rings. The molecule has 0 aliphatic carbocycles. The van der Waals surface area contributed by atoms with Gasteiger partial charge in [-0.15, -0.1) is 11.3 Å². The maximum atomic E-state index is 12.6. The number of alkyl halides is 3. The first-order valence-corrected chi connectivity index (χ1v) is 7.58. The second-order valence-corrected chi connectivity index (χ2v) is 6.59. The third kappa shape index (κ3) is 3.28. The van der Waals surface area contributed by atoms with Crippen LogP contribution in [0, 0.1) is 0 Å². The van der Waals surface area contributed by atoms with E-state index in [2.05, 4.69) is 15.0 Å². The zero-order valence-electron chi connectivity index (χ0n) is 10.1. The summed E-state index contributed by atoms with van der Waals surface area (Å²) >= 11 is 8.03. The molecule has 0 spiro atoms. The summed E-state index contributed by atoms with van der Waals surface area (Å²) in [4.78, 5) is 11.0. The van der Waals surface area contributed by atoms with E-state index in [-0.39, 0.29) is 10.2 Å². The predicted octanol–water partition coefficient (Wildman–Crippen LogP) is 4.91. The van der Waals surface area contributed by atoms with Gasteiger partial charge >= 0.3 is 6.18 Å². The van der Waals surface area contributed by atoms with Crippen LogP contribution in [0.25, 0.3) is 10.2 Å². The van der Waals surface area contributed by atoms with Gasteiger partial charge in [-0.3, -0.25) is 0 Å². The minimum absolute atomic E-state index is 0.112. The van der Waals surface area contributed by atoms with Gasteiger partial charge in [-0.2, -0.15) is 13.2 Å². The number of aromatic nitrogens is 3. The van der Waals surface area contributed by atoms with Crippen molar-refractivity contribution >= 4 is 44.9 Å². The fourth-order valence-electron chi connectivity index (χ4n) is 1.56. The van der Waals surface area contributed by atoms with E-state index in [0.29, 0.717) is 4.34 Å². The Balaban J connectivity index is 1.95. The lowest BCUT2D eigenvalue weighted by Gasteiger charge is -2.06. The minimum Gasteiger partial charge on any atom is -0.229 e. The highest BCUT2D eigenvalue weighted by Crippen LogP contribution is 2.35. The Morgan fingerprint density at radius 1 is 1.10 bits per heavy atom. The van der Waals surface area contributed by atoms with Crippen molar-refractivity contribution in [2.45, 2.75) is 15.5 Å². The second-order valence-electron chi connectivity index (χ2n) is 3.90. The van der Waals surface area contributed by atoms with Crippen LogP contribution in [-0.2, 0) is 6.18 Å². The van der Waals surface area contributed by atoms with E-state index >= 15 is 0 Å². The molecule has 2 heterocycles. The van der Waals surface area contributed by atoms with E-state index in [1.54, 1.807) is 0 Å². The summed E-state index contributed by atoms with van der Waals surface area (Å²) < 4.78 is 39.5. The van der Waals surface area contributed by atoms with Crippen molar-refractivity contribution in [3.8, 4) is 0 Å². The summed E-state index contributed by atoms with van der Waals surface area (Å²) in [6, 6.07) is 8.74. The SMILES string of the molecule is FC(F)(F)c1nc(Cl)cc(Sc2nc3ccccc3s2)n1. The Bertz CT molecular complexity index is 771. The molecule has 0 saturated heterocycles. The molecular formula is C12H5ClF3N3S2. The van der Waals surface area contributed by atoms with Crippen LogP contribution in [0.5, 0.6) is 0 Å². The quantitative estimate of drug-likeness (QED) is 0.617. The Morgan fingerprint density at radius 2 is 1.86 bits per heavy atom. The summed E-state index contributed by atoms with van der Waals surface area (Å²) in [5.41, 5.74) is 0.793. The fourth-order valence-corrected chi connectivity index (χ4v) is 3.82. The largest absolute Gasteiger partial charge is 0.451 e. The maximum Gasteiger partial charge on any atom is 0.451 e. The van der Waals surface area contributed by atoms with E-state index in [0.717, 1.165) is 22.0 Å². The Kier molecular flexibility index (Phi) is 3.76. The lowest BCUT2D eigenvalue weighted by atomic mass is 10.3. The minimum atomic E-state index is -4.63. The zero-order valence-corrected chi connectivity index (χ0v) is 12.4. The van der Waals surface area contributed by atoms with Crippen LogP contribution >= 0.6 is 34.7 Å². The van der Waals surface area contributed by atoms with Gasteiger partial charge in [0.2, 0.25) is 5.82 Å². The van der Waals surface area contributed by atoms with Gasteiger partial charge in [0, 0.05) is 6.07 Å². The van der Waals surface area contributed by atoms with Gasteiger partial charge in [-0.05, 0) is 23.9 Å². The number of hydrogen-bond acceptors (Lipinski definition) is 5. The van der Waals surface area contributed by atoms with Crippen LogP contribution in [0.1, 0.15) is 5.82 Å². The molecule has 0 radical (unpaired) electrons. The maximum absolute atomic E-state index is 12.6. The van der Waals surface area contributed by atoms with E-state index < -0.39 is 12.0 Å². The number of fused-ring (bicyclic) bond motifs is 1. The molecule has 0 aliphatic rings. The molecule has 108 valence electrons. The summed E-state index contributed by atoms with van der Waals surface area (Å²) in [5, 5.41) is -0.137. The van der Waals surface area contributed by atoms with E-state index in [1.807, 2.05) is 24.3 Å². The van der Waals surface area contributed by atoms with Gasteiger partial charge in [0.15, 0.2) is 4.34 Å². The molecule has 0 aliphatic heterocycles. The predicted molar refractivity (Wildman–Crippen MR) is 75.8 cm³/mol. The van der Waals surface area contributed by atoms with Crippen molar-refractivity contribution in [2.24, 2.45) is 0 Å².